The van der Waals surface area contributed by atoms with Gasteiger partial charge in [-0.2, -0.15) is 4.57 Å². The second-order valence-electron chi connectivity index (χ2n) is 2.17. The summed E-state index contributed by atoms with van der Waals surface area (Å²) in [6.45, 7) is 0. The molecule has 0 aliphatic rings. The van der Waals surface area contributed by atoms with E-state index in [1.807, 2.05) is 0 Å². The molecule has 0 aromatic carbocycles. The van der Waals surface area contributed by atoms with Gasteiger partial charge in [-0.3, -0.25) is 0 Å². The molecule has 0 saturated carbocycles. The van der Waals surface area contributed by atoms with Gasteiger partial charge < -0.3 is 0 Å². The normalized spacial score (nSPS) is 10.6. The first-order valence-corrected chi connectivity index (χ1v) is 3.45. The fraction of sp³-hybridized carbons (Fsp3) is 0. The minimum atomic E-state index is -0.0141. The minimum Gasteiger partial charge on any atom is -0.237 e. The lowest BCUT2D eigenvalue weighted by molar-refractivity contribution is -0.544. The standard InChI is InChI=1S/C7H4ClN2O/c8-5-1-2-6(9-3-5)10-4-7(10)11/h1-4H/q+1. The Morgan fingerprint density at radius 2 is 2.18 bits per heavy atom. The van der Waals surface area contributed by atoms with E-state index >= 15 is 0 Å². The van der Waals surface area contributed by atoms with Gasteiger partial charge in [-0.15, -0.1) is 0 Å². The lowest BCUT2D eigenvalue weighted by atomic mass is 10.5. The maximum atomic E-state index is 10.6. The van der Waals surface area contributed by atoms with E-state index in [9.17, 15) is 4.79 Å². The summed E-state index contributed by atoms with van der Waals surface area (Å²) in [4.78, 5) is 14.5. The van der Waals surface area contributed by atoms with Crippen LogP contribution in [0.5, 0.6) is 0 Å². The van der Waals surface area contributed by atoms with Crippen LogP contribution in [0.15, 0.2) is 29.3 Å². The van der Waals surface area contributed by atoms with Gasteiger partial charge in [0.2, 0.25) is 0 Å². The van der Waals surface area contributed by atoms with Crippen molar-refractivity contribution in [3.05, 3.63) is 39.9 Å². The Morgan fingerprint density at radius 3 is 2.64 bits per heavy atom. The van der Waals surface area contributed by atoms with Crippen LogP contribution in [0.4, 0.5) is 0 Å². The summed E-state index contributed by atoms with van der Waals surface area (Å²) in [5.74, 6) is 0.624. The summed E-state index contributed by atoms with van der Waals surface area (Å²) in [7, 11) is 0. The number of pyridine rings is 1. The number of rotatable bonds is 1. The summed E-state index contributed by atoms with van der Waals surface area (Å²) < 4.78 is 1.45. The van der Waals surface area contributed by atoms with Crippen LogP contribution in [-0.2, 0) is 0 Å². The fourth-order valence-electron chi connectivity index (χ4n) is 0.771. The summed E-state index contributed by atoms with van der Waals surface area (Å²) >= 11 is 5.60. The van der Waals surface area contributed by atoms with Gasteiger partial charge in [-0.1, -0.05) is 11.6 Å². The van der Waals surface area contributed by atoms with Crippen LogP contribution >= 0.6 is 11.6 Å². The highest BCUT2D eigenvalue weighted by Crippen LogP contribution is 2.05. The molecule has 0 atom stereocenters. The number of nitrogens with zero attached hydrogens (tertiary/aromatic N) is 2. The predicted molar refractivity (Wildman–Crippen MR) is 39.4 cm³/mol. The molecule has 0 N–H and O–H groups in total. The van der Waals surface area contributed by atoms with Crippen LogP contribution in [0.25, 0.3) is 5.82 Å². The SMILES string of the molecule is O=c1c[n+]1-c1ccc(Cl)cn1. The van der Waals surface area contributed by atoms with E-state index in [0.717, 1.165) is 0 Å². The molecule has 2 aromatic heterocycles. The molecule has 2 heterocycles. The van der Waals surface area contributed by atoms with Crippen LogP contribution in [0.2, 0.25) is 5.02 Å². The van der Waals surface area contributed by atoms with E-state index in [2.05, 4.69) is 4.98 Å². The minimum absolute atomic E-state index is 0.0141. The van der Waals surface area contributed by atoms with Gasteiger partial charge in [0.1, 0.15) is 0 Å². The predicted octanol–water partition coefficient (Wildman–Crippen LogP) is 0.247. The summed E-state index contributed by atoms with van der Waals surface area (Å²) in [6, 6.07) is 3.40. The second-order valence-corrected chi connectivity index (χ2v) is 2.61. The number of hydrogen-bond donors (Lipinski definition) is 0. The van der Waals surface area contributed by atoms with Crippen molar-refractivity contribution >= 4 is 11.6 Å². The van der Waals surface area contributed by atoms with Crippen molar-refractivity contribution in [2.24, 2.45) is 0 Å². The highest BCUT2D eigenvalue weighted by Gasteiger charge is 2.19. The van der Waals surface area contributed by atoms with E-state index < -0.39 is 0 Å². The monoisotopic (exact) mass is 167 g/mol. The van der Waals surface area contributed by atoms with Crippen molar-refractivity contribution in [1.29, 1.82) is 0 Å². The zero-order valence-electron chi connectivity index (χ0n) is 5.49. The van der Waals surface area contributed by atoms with Gasteiger partial charge in [0.15, 0.2) is 12.4 Å². The Balaban J connectivity index is 2.43. The Labute approximate surface area is 67.6 Å². The van der Waals surface area contributed by atoms with Gasteiger partial charge in [-0.25, -0.2) is 4.79 Å². The molecule has 4 heteroatoms. The van der Waals surface area contributed by atoms with Crippen LogP contribution in [0.3, 0.4) is 0 Å². The molecule has 0 fully saturated rings. The summed E-state index contributed by atoms with van der Waals surface area (Å²) in [6.07, 6.45) is 2.98. The average molecular weight is 168 g/mol. The molecule has 0 amide bonds. The Hall–Kier alpha value is -1.22. The van der Waals surface area contributed by atoms with E-state index in [1.54, 1.807) is 12.1 Å². The van der Waals surface area contributed by atoms with Crippen LogP contribution in [0, 0.1) is 0 Å². The Kier molecular flexibility index (Phi) is 1.26. The molecule has 0 radical (unpaired) electrons. The molecule has 2 rings (SSSR count). The third kappa shape index (κ3) is 1.14. The molecular formula is C7H4ClN2O+. The molecule has 0 spiro atoms. The van der Waals surface area contributed by atoms with Crippen molar-refractivity contribution in [1.82, 2.24) is 4.98 Å². The molecule has 0 saturated heterocycles. The molecule has 54 valence electrons. The zero-order valence-corrected chi connectivity index (χ0v) is 6.25. The number of halogens is 1. The van der Waals surface area contributed by atoms with Gasteiger partial charge in [0.05, 0.1) is 5.02 Å². The van der Waals surface area contributed by atoms with Crippen molar-refractivity contribution in [3.63, 3.8) is 0 Å². The van der Waals surface area contributed by atoms with Gasteiger partial charge >= 0.3 is 11.4 Å². The first-order chi connectivity index (χ1) is 5.27. The lowest BCUT2D eigenvalue weighted by Gasteiger charge is -1.81. The van der Waals surface area contributed by atoms with E-state index in [4.69, 9.17) is 11.6 Å². The van der Waals surface area contributed by atoms with Crippen LogP contribution < -0.4 is 10.1 Å². The number of aromatic nitrogens is 2. The molecule has 0 aliphatic heterocycles. The van der Waals surface area contributed by atoms with Crippen molar-refractivity contribution in [2.45, 2.75) is 0 Å². The lowest BCUT2D eigenvalue weighted by Crippen LogP contribution is -2.26. The molecule has 11 heavy (non-hydrogen) atoms. The van der Waals surface area contributed by atoms with E-state index in [1.165, 1.54) is 17.0 Å². The molecule has 0 bridgehead atoms. The van der Waals surface area contributed by atoms with Crippen molar-refractivity contribution in [2.75, 3.05) is 0 Å². The highest BCUT2D eigenvalue weighted by molar-refractivity contribution is 6.30. The number of hydrogen-bond acceptors (Lipinski definition) is 2. The van der Waals surface area contributed by atoms with E-state index in [-0.39, 0.29) is 5.56 Å². The molecule has 0 unspecified atom stereocenters. The summed E-state index contributed by atoms with van der Waals surface area (Å²) in [5, 5.41) is 0.572. The van der Waals surface area contributed by atoms with Crippen molar-refractivity contribution < 1.29 is 4.57 Å². The van der Waals surface area contributed by atoms with Gasteiger partial charge in [0, 0.05) is 6.07 Å². The molecule has 3 nitrogen and oxygen atoms in total. The molecule has 0 aliphatic carbocycles. The molecule has 2 aromatic rings. The average Bonchev–Trinajstić information content (AvgIpc) is 2.69. The zero-order chi connectivity index (χ0) is 7.84. The van der Waals surface area contributed by atoms with Gasteiger partial charge in [0.25, 0.3) is 0 Å². The Bertz CT molecular complexity index is 386. The maximum absolute atomic E-state index is 10.6. The summed E-state index contributed by atoms with van der Waals surface area (Å²) in [5.41, 5.74) is -0.0141. The first kappa shape index (κ1) is 6.49. The van der Waals surface area contributed by atoms with Gasteiger partial charge in [-0.05, 0) is 11.1 Å². The topological polar surface area (TPSA) is 33.8 Å². The van der Waals surface area contributed by atoms with Crippen molar-refractivity contribution in [3.8, 4) is 5.82 Å². The maximum Gasteiger partial charge on any atom is 0.378 e. The van der Waals surface area contributed by atoms with Crippen LogP contribution in [0.1, 0.15) is 0 Å². The highest BCUT2D eigenvalue weighted by atomic mass is 35.5. The Morgan fingerprint density at radius 1 is 1.45 bits per heavy atom. The second kappa shape index (κ2) is 2.13. The largest absolute Gasteiger partial charge is 0.378 e. The quantitative estimate of drug-likeness (QED) is 0.571. The molecular weight excluding hydrogens is 164 g/mol. The van der Waals surface area contributed by atoms with Crippen LogP contribution in [-0.4, -0.2) is 4.98 Å². The van der Waals surface area contributed by atoms with E-state index in [0.29, 0.717) is 10.8 Å². The third-order valence-corrected chi connectivity index (χ3v) is 1.59. The smallest absolute Gasteiger partial charge is 0.237 e. The fourth-order valence-corrected chi connectivity index (χ4v) is 0.883. The first-order valence-electron chi connectivity index (χ1n) is 3.07. The third-order valence-electron chi connectivity index (χ3n) is 1.37.